The molecule has 1 aliphatic heterocycles. The van der Waals surface area contributed by atoms with Crippen LogP contribution in [0.25, 0.3) is 0 Å². The van der Waals surface area contributed by atoms with E-state index in [4.69, 9.17) is 9.47 Å². The van der Waals surface area contributed by atoms with Gasteiger partial charge in [0.15, 0.2) is 0 Å². The molecule has 2 rings (SSSR count). The van der Waals surface area contributed by atoms with E-state index < -0.39 is 5.60 Å². The highest BCUT2D eigenvalue weighted by Crippen LogP contribution is 2.19. The monoisotopic (exact) mass is 252 g/mol. The number of hydrogen-bond donors (Lipinski definition) is 2. The highest BCUT2D eigenvalue weighted by atomic mass is 16.5. The Morgan fingerprint density at radius 1 is 1.50 bits per heavy atom. The van der Waals surface area contributed by atoms with E-state index in [0.717, 1.165) is 5.56 Å². The minimum absolute atomic E-state index is 0.584. The Kier molecular flexibility index (Phi) is 4.52. The summed E-state index contributed by atoms with van der Waals surface area (Å²) in [7, 11) is 1.60. The van der Waals surface area contributed by atoms with E-state index in [9.17, 15) is 5.11 Å². The van der Waals surface area contributed by atoms with Crippen LogP contribution in [0.3, 0.4) is 0 Å². The number of nitrogens with zero attached hydrogens (tertiary/aromatic N) is 1. The zero-order chi connectivity index (χ0) is 12.8. The van der Waals surface area contributed by atoms with Gasteiger partial charge < -0.3 is 19.9 Å². The smallest absolute Gasteiger partial charge is 0.213 e. The van der Waals surface area contributed by atoms with Crippen LogP contribution in [0.15, 0.2) is 18.3 Å². The molecule has 0 radical (unpaired) electrons. The third kappa shape index (κ3) is 3.66. The molecule has 5 nitrogen and oxygen atoms in total. The molecule has 1 fully saturated rings. The van der Waals surface area contributed by atoms with E-state index in [-0.39, 0.29) is 0 Å². The van der Waals surface area contributed by atoms with Crippen molar-refractivity contribution >= 4 is 0 Å². The first-order valence-electron chi connectivity index (χ1n) is 6.22. The lowest BCUT2D eigenvalue weighted by Gasteiger charge is -2.32. The first-order chi connectivity index (χ1) is 8.72. The van der Waals surface area contributed by atoms with Gasteiger partial charge in [0.25, 0.3) is 0 Å². The number of ether oxygens (including phenoxy) is 2. The van der Waals surface area contributed by atoms with Crippen LogP contribution in [0.4, 0.5) is 0 Å². The number of pyridine rings is 1. The van der Waals surface area contributed by atoms with Gasteiger partial charge in [0.2, 0.25) is 5.88 Å². The molecule has 0 amide bonds. The van der Waals surface area contributed by atoms with Crippen molar-refractivity contribution in [2.24, 2.45) is 0 Å². The van der Waals surface area contributed by atoms with Crippen LogP contribution in [0.5, 0.6) is 5.88 Å². The fourth-order valence-electron chi connectivity index (χ4n) is 2.04. The summed E-state index contributed by atoms with van der Waals surface area (Å²) >= 11 is 0. The Hall–Kier alpha value is -1.17. The van der Waals surface area contributed by atoms with Crippen molar-refractivity contribution in [1.82, 2.24) is 10.3 Å². The molecule has 1 aromatic heterocycles. The average Bonchev–Trinajstić information content (AvgIpc) is 2.40. The third-order valence-electron chi connectivity index (χ3n) is 3.22. The quantitative estimate of drug-likeness (QED) is 0.808. The van der Waals surface area contributed by atoms with Gasteiger partial charge in [-0.3, -0.25) is 0 Å². The van der Waals surface area contributed by atoms with Gasteiger partial charge in [-0.1, -0.05) is 0 Å². The van der Waals surface area contributed by atoms with Gasteiger partial charge in [0.1, 0.15) is 0 Å². The summed E-state index contributed by atoms with van der Waals surface area (Å²) in [6.45, 7) is 2.56. The minimum atomic E-state index is -0.630. The molecule has 0 spiro atoms. The molecule has 0 unspecified atom stereocenters. The summed E-state index contributed by atoms with van der Waals surface area (Å²) in [5.41, 5.74) is 0.465. The largest absolute Gasteiger partial charge is 0.481 e. The minimum Gasteiger partial charge on any atom is -0.481 e. The van der Waals surface area contributed by atoms with E-state index in [1.165, 1.54) is 0 Å². The Morgan fingerprint density at radius 2 is 2.28 bits per heavy atom. The predicted molar refractivity (Wildman–Crippen MR) is 67.5 cm³/mol. The van der Waals surface area contributed by atoms with Crippen molar-refractivity contribution in [3.05, 3.63) is 23.9 Å². The molecule has 5 heteroatoms. The molecule has 18 heavy (non-hydrogen) atoms. The summed E-state index contributed by atoms with van der Waals surface area (Å²) in [5.74, 6) is 0.610. The second-order valence-electron chi connectivity index (χ2n) is 4.65. The zero-order valence-electron chi connectivity index (χ0n) is 10.7. The summed E-state index contributed by atoms with van der Waals surface area (Å²) < 4.78 is 10.3. The zero-order valence-corrected chi connectivity index (χ0v) is 10.7. The van der Waals surface area contributed by atoms with Gasteiger partial charge in [-0.05, 0) is 11.6 Å². The lowest BCUT2D eigenvalue weighted by atomic mass is 9.94. The first kappa shape index (κ1) is 13.3. The average molecular weight is 252 g/mol. The van der Waals surface area contributed by atoms with Crippen LogP contribution in [0, 0.1) is 0 Å². The predicted octanol–water partition coefficient (Wildman–Crippen LogP) is 0.721. The number of hydrogen-bond acceptors (Lipinski definition) is 5. The standard InChI is InChI=1S/C13H20N2O3/c1-17-12-8-11(2-5-15-12)9-14-10-13(16)3-6-18-7-4-13/h2,5,8,14,16H,3-4,6-7,9-10H2,1H3. The molecule has 1 aliphatic rings. The number of nitrogens with one attached hydrogen (secondary N) is 1. The topological polar surface area (TPSA) is 63.6 Å². The Bertz CT molecular complexity index is 378. The van der Waals surface area contributed by atoms with E-state index in [2.05, 4.69) is 10.3 Å². The number of aromatic nitrogens is 1. The second-order valence-corrected chi connectivity index (χ2v) is 4.65. The van der Waals surface area contributed by atoms with Crippen molar-refractivity contribution in [2.75, 3.05) is 26.9 Å². The molecule has 1 aromatic rings. The van der Waals surface area contributed by atoms with Gasteiger partial charge >= 0.3 is 0 Å². The molecule has 0 aromatic carbocycles. The fraction of sp³-hybridized carbons (Fsp3) is 0.615. The highest BCUT2D eigenvalue weighted by Gasteiger charge is 2.28. The van der Waals surface area contributed by atoms with Crippen molar-refractivity contribution in [2.45, 2.75) is 25.0 Å². The van der Waals surface area contributed by atoms with Crippen LogP contribution in [-0.2, 0) is 11.3 Å². The third-order valence-corrected chi connectivity index (χ3v) is 3.22. The van der Waals surface area contributed by atoms with Crippen LogP contribution < -0.4 is 10.1 Å². The normalized spacial score (nSPS) is 18.6. The number of methoxy groups -OCH3 is 1. The molecule has 0 atom stereocenters. The molecule has 0 bridgehead atoms. The lowest BCUT2D eigenvalue weighted by molar-refractivity contribution is -0.0617. The summed E-state index contributed by atoms with van der Waals surface area (Å²) in [4.78, 5) is 4.05. The molecule has 1 saturated heterocycles. The maximum atomic E-state index is 10.3. The van der Waals surface area contributed by atoms with Gasteiger partial charge in [0, 0.05) is 51.4 Å². The molecular weight excluding hydrogens is 232 g/mol. The SMILES string of the molecule is COc1cc(CNCC2(O)CCOCC2)ccn1. The number of aliphatic hydroxyl groups is 1. The van der Waals surface area contributed by atoms with Crippen LogP contribution in [-0.4, -0.2) is 42.6 Å². The van der Waals surface area contributed by atoms with E-state index in [1.807, 2.05) is 12.1 Å². The first-order valence-corrected chi connectivity index (χ1v) is 6.22. The van der Waals surface area contributed by atoms with Crippen molar-refractivity contribution < 1.29 is 14.6 Å². The lowest BCUT2D eigenvalue weighted by Crippen LogP contribution is -2.44. The molecule has 100 valence electrons. The van der Waals surface area contributed by atoms with Crippen molar-refractivity contribution in [3.63, 3.8) is 0 Å². The maximum absolute atomic E-state index is 10.3. The van der Waals surface area contributed by atoms with E-state index >= 15 is 0 Å². The van der Waals surface area contributed by atoms with Gasteiger partial charge in [-0.25, -0.2) is 4.98 Å². The van der Waals surface area contributed by atoms with E-state index in [1.54, 1.807) is 13.3 Å². The Morgan fingerprint density at radius 3 is 3.00 bits per heavy atom. The van der Waals surface area contributed by atoms with Crippen molar-refractivity contribution in [3.8, 4) is 5.88 Å². The second kappa shape index (κ2) is 6.13. The summed E-state index contributed by atoms with van der Waals surface area (Å²) in [5, 5.41) is 13.5. The highest BCUT2D eigenvalue weighted by molar-refractivity contribution is 5.20. The number of rotatable bonds is 5. The summed E-state index contributed by atoms with van der Waals surface area (Å²) in [6.07, 6.45) is 3.11. The van der Waals surface area contributed by atoms with Crippen molar-refractivity contribution in [1.29, 1.82) is 0 Å². The van der Waals surface area contributed by atoms with Crippen LogP contribution >= 0.6 is 0 Å². The Labute approximate surface area is 107 Å². The molecule has 2 heterocycles. The van der Waals surface area contributed by atoms with Crippen LogP contribution in [0.1, 0.15) is 18.4 Å². The van der Waals surface area contributed by atoms with Gasteiger partial charge in [0.05, 0.1) is 12.7 Å². The fourth-order valence-corrected chi connectivity index (χ4v) is 2.04. The Balaban J connectivity index is 1.80. The maximum Gasteiger partial charge on any atom is 0.213 e. The molecule has 2 N–H and O–H groups in total. The molecule has 0 aliphatic carbocycles. The van der Waals surface area contributed by atoms with E-state index in [0.29, 0.717) is 45.0 Å². The van der Waals surface area contributed by atoms with Gasteiger partial charge in [-0.2, -0.15) is 0 Å². The molecular formula is C13H20N2O3. The van der Waals surface area contributed by atoms with Gasteiger partial charge in [-0.15, -0.1) is 0 Å². The summed E-state index contributed by atoms with van der Waals surface area (Å²) in [6, 6.07) is 3.82. The molecule has 0 saturated carbocycles. The van der Waals surface area contributed by atoms with Crippen LogP contribution in [0.2, 0.25) is 0 Å².